The van der Waals surface area contributed by atoms with Crippen molar-refractivity contribution in [2.75, 3.05) is 6.54 Å². The summed E-state index contributed by atoms with van der Waals surface area (Å²) in [6, 6.07) is 5.61. The molecular weight excluding hydrogens is 233 g/mol. The maximum absolute atomic E-state index is 12.8. The van der Waals surface area contributed by atoms with Crippen LogP contribution >= 0.6 is 0 Å². The van der Waals surface area contributed by atoms with Crippen LogP contribution in [-0.2, 0) is 0 Å². The number of aliphatic hydroxyl groups excluding tert-OH is 2. The van der Waals surface area contributed by atoms with Crippen molar-refractivity contribution in [3.05, 3.63) is 59.8 Å². The second-order valence-corrected chi connectivity index (χ2v) is 4.37. The molecule has 0 aromatic heterocycles. The molecule has 1 aliphatic rings. The SMILES string of the molecule is C[C@@H]1C(O)=CC=CN1CC(O)c1ccc(F)cc1. The lowest BCUT2D eigenvalue weighted by Crippen LogP contribution is -2.34. The number of aliphatic hydroxyl groups is 2. The molecule has 0 spiro atoms. The van der Waals surface area contributed by atoms with E-state index < -0.39 is 6.10 Å². The Labute approximate surface area is 105 Å². The summed E-state index contributed by atoms with van der Waals surface area (Å²) < 4.78 is 12.8. The topological polar surface area (TPSA) is 43.7 Å². The van der Waals surface area contributed by atoms with Crippen LogP contribution in [0, 0.1) is 5.82 Å². The maximum atomic E-state index is 12.8. The van der Waals surface area contributed by atoms with Gasteiger partial charge in [-0.25, -0.2) is 4.39 Å². The number of nitrogens with zero attached hydrogens (tertiary/aromatic N) is 1. The van der Waals surface area contributed by atoms with Gasteiger partial charge in [-0.15, -0.1) is 0 Å². The van der Waals surface area contributed by atoms with E-state index in [4.69, 9.17) is 0 Å². The number of hydrogen-bond donors (Lipinski definition) is 2. The minimum atomic E-state index is -0.719. The Morgan fingerprint density at radius 2 is 2.00 bits per heavy atom. The van der Waals surface area contributed by atoms with Gasteiger partial charge in [-0.2, -0.15) is 0 Å². The molecule has 1 heterocycles. The summed E-state index contributed by atoms with van der Waals surface area (Å²) in [5, 5.41) is 19.7. The largest absolute Gasteiger partial charge is 0.510 e. The van der Waals surface area contributed by atoms with Crippen molar-refractivity contribution >= 4 is 0 Å². The molecule has 0 amide bonds. The van der Waals surface area contributed by atoms with E-state index in [-0.39, 0.29) is 17.6 Å². The Bertz CT molecular complexity index is 467. The third kappa shape index (κ3) is 2.71. The van der Waals surface area contributed by atoms with Crippen molar-refractivity contribution < 1.29 is 14.6 Å². The molecule has 1 aliphatic heterocycles. The molecule has 96 valence electrons. The van der Waals surface area contributed by atoms with Crippen LogP contribution in [0.15, 0.2) is 48.4 Å². The minimum Gasteiger partial charge on any atom is -0.510 e. The van der Waals surface area contributed by atoms with Crippen molar-refractivity contribution in [2.45, 2.75) is 19.1 Å². The first-order valence-electron chi connectivity index (χ1n) is 5.84. The van der Waals surface area contributed by atoms with Crippen molar-refractivity contribution in [3.8, 4) is 0 Å². The molecule has 0 aliphatic carbocycles. The van der Waals surface area contributed by atoms with Crippen LogP contribution < -0.4 is 0 Å². The van der Waals surface area contributed by atoms with Crippen LogP contribution in [-0.4, -0.2) is 27.7 Å². The number of halogens is 1. The number of rotatable bonds is 3. The molecule has 2 atom stereocenters. The maximum Gasteiger partial charge on any atom is 0.123 e. The molecule has 18 heavy (non-hydrogen) atoms. The van der Waals surface area contributed by atoms with Gasteiger partial charge in [0.25, 0.3) is 0 Å². The molecule has 2 N–H and O–H groups in total. The molecule has 1 unspecified atom stereocenters. The molecule has 0 saturated carbocycles. The fraction of sp³-hybridized carbons (Fsp3) is 0.286. The molecule has 0 bridgehead atoms. The lowest BCUT2D eigenvalue weighted by molar-refractivity contribution is 0.115. The van der Waals surface area contributed by atoms with E-state index in [9.17, 15) is 14.6 Å². The van der Waals surface area contributed by atoms with Crippen molar-refractivity contribution in [2.24, 2.45) is 0 Å². The normalized spacial score (nSPS) is 20.7. The van der Waals surface area contributed by atoms with Gasteiger partial charge in [-0.3, -0.25) is 0 Å². The second kappa shape index (κ2) is 5.23. The van der Waals surface area contributed by atoms with Crippen LogP contribution in [0.1, 0.15) is 18.6 Å². The van der Waals surface area contributed by atoms with E-state index in [1.807, 2.05) is 18.0 Å². The molecule has 3 nitrogen and oxygen atoms in total. The van der Waals surface area contributed by atoms with Crippen molar-refractivity contribution in [3.63, 3.8) is 0 Å². The Morgan fingerprint density at radius 3 is 2.67 bits per heavy atom. The second-order valence-electron chi connectivity index (χ2n) is 4.37. The lowest BCUT2D eigenvalue weighted by Gasteiger charge is -2.31. The van der Waals surface area contributed by atoms with Crippen molar-refractivity contribution in [1.29, 1.82) is 0 Å². The highest BCUT2D eigenvalue weighted by molar-refractivity contribution is 5.21. The van der Waals surface area contributed by atoms with Gasteiger partial charge in [-0.05, 0) is 43.0 Å². The fourth-order valence-corrected chi connectivity index (χ4v) is 1.90. The summed E-state index contributed by atoms with van der Waals surface area (Å²) in [7, 11) is 0. The van der Waals surface area contributed by atoms with Gasteiger partial charge < -0.3 is 15.1 Å². The Balaban J connectivity index is 2.04. The van der Waals surface area contributed by atoms with E-state index in [1.165, 1.54) is 12.1 Å². The van der Waals surface area contributed by atoms with Crippen LogP contribution in [0.2, 0.25) is 0 Å². The van der Waals surface area contributed by atoms with Crippen LogP contribution in [0.4, 0.5) is 4.39 Å². The van der Waals surface area contributed by atoms with Gasteiger partial charge in [-0.1, -0.05) is 12.1 Å². The summed E-state index contributed by atoms with van der Waals surface area (Å²) in [4.78, 5) is 1.84. The minimum absolute atomic E-state index is 0.162. The molecule has 0 fully saturated rings. The summed E-state index contributed by atoms with van der Waals surface area (Å²) in [5.41, 5.74) is 0.658. The smallest absolute Gasteiger partial charge is 0.123 e. The zero-order valence-corrected chi connectivity index (χ0v) is 10.1. The first-order chi connectivity index (χ1) is 8.58. The van der Waals surface area contributed by atoms with E-state index in [0.717, 1.165) is 0 Å². The predicted molar refractivity (Wildman–Crippen MR) is 67.4 cm³/mol. The number of β-amino-alcohol motifs (C(OH)–C–C–N with tert-alkyl or cyclic N) is 1. The van der Waals surface area contributed by atoms with Crippen LogP contribution in [0.25, 0.3) is 0 Å². The number of hydrogen-bond acceptors (Lipinski definition) is 3. The number of allylic oxidation sites excluding steroid dienone is 2. The lowest BCUT2D eigenvalue weighted by atomic mass is 10.1. The molecule has 4 heteroatoms. The highest BCUT2D eigenvalue weighted by Crippen LogP contribution is 2.20. The van der Waals surface area contributed by atoms with Gasteiger partial charge in [0.15, 0.2) is 0 Å². The van der Waals surface area contributed by atoms with Crippen molar-refractivity contribution in [1.82, 2.24) is 4.90 Å². The molecular formula is C14H16FNO2. The average molecular weight is 249 g/mol. The van der Waals surface area contributed by atoms with Gasteiger partial charge in [0.1, 0.15) is 11.6 Å². The third-order valence-corrected chi connectivity index (χ3v) is 3.11. The Kier molecular flexibility index (Phi) is 3.67. The zero-order valence-electron chi connectivity index (χ0n) is 10.1. The Morgan fingerprint density at radius 1 is 1.33 bits per heavy atom. The highest BCUT2D eigenvalue weighted by Gasteiger charge is 2.20. The molecule has 1 aromatic carbocycles. The van der Waals surface area contributed by atoms with E-state index in [1.54, 1.807) is 24.3 Å². The summed E-state index contributed by atoms with van der Waals surface area (Å²) >= 11 is 0. The standard InChI is InChI=1S/C14H16FNO2/c1-10-13(17)3-2-8-16(10)9-14(18)11-4-6-12(15)7-5-11/h2-8,10,14,17-18H,9H2,1H3/t10-,14?/m1/s1. The van der Waals surface area contributed by atoms with Gasteiger partial charge >= 0.3 is 0 Å². The van der Waals surface area contributed by atoms with Gasteiger partial charge in [0, 0.05) is 6.54 Å². The highest BCUT2D eigenvalue weighted by atomic mass is 19.1. The quantitative estimate of drug-likeness (QED) is 0.865. The Hall–Kier alpha value is -1.81. The summed E-state index contributed by atoms with van der Waals surface area (Å²) in [6.07, 6.45) is 4.46. The monoisotopic (exact) mass is 249 g/mol. The van der Waals surface area contributed by atoms with E-state index >= 15 is 0 Å². The van der Waals surface area contributed by atoms with E-state index in [0.29, 0.717) is 12.1 Å². The molecule has 2 rings (SSSR count). The van der Waals surface area contributed by atoms with Crippen LogP contribution in [0.3, 0.4) is 0 Å². The molecule has 0 radical (unpaired) electrons. The average Bonchev–Trinajstić information content (AvgIpc) is 2.36. The van der Waals surface area contributed by atoms with E-state index in [2.05, 4.69) is 0 Å². The predicted octanol–water partition coefficient (Wildman–Crippen LogP) is 2.52. The zero-order chi connectivity index (χ0) is 13.1. The first-order valence-corrected chi connectivity index (χ1v) is 5.84. The molecule has 1 aromatic rings. The van der Waals surface area contributed by atoms with Gasteiger partial charge in [0.2, 0.25) is 0 Å². The summed E-state index contributed by atoms with van der Waals surface area (Å²) in [6.45, 7) is 2.20. The number of benzene rings is 1. The van der Waals surface area contributed by atoms with Gasteiger partial charge in [0.05, 0.1) is 12.1 Å². The third-order valence-electron chi connectivity index (χ3n) is 3.11. The molecule has 0 saturated heterocycles. The first kappa shape index (κ1) is 12.6. The van der Waals surface area contributed by atoms with Crippen LogP contribution in [0.5, 0.6) is 0 Å². The fourth-order valence-electron chi connectivity index (χ4n) is 1.90. The summed E-state index contributed by atoms with van der Waals surface area (Å²) in [5.74, 6) is -0.0541.